The summed E-state index contributed by atoms with van der Waals surface area (Å²) in [6.45, 7) is 5.77. The molecule has 1 unspecified atom stereocenters. The van der Waals surface area contributed by atoms with Crippen molar-refractivity contribution in [3.05, 3.63) is 59.9 Å². The minimum Gasteiger partial charge on any atom is -0.478 e. The second-order valence-electron chi connectivity index (χ2n) is 7.77. The first-order valence-corrected chi connectivity index (χ1v) is 10.3. The first-order chi connectivity index (χ1) is 14.1. The van der Waals surface area contributed by atoms with Gasteiger partial charge in [0.2, 0.25) is 0 Å². The fourth-order valence-electron chi connectivity index (χ4n) is 4.33. The van der Waals surface area contributed by atoms with Gasteiger partial charge in [-0.05, 0) is 57.1 Å². The molecule has 2 heterocycles. The maximum atomic E-state index is 11.3. The molecule has 0 bridgehead atoms. The highest BCUT2D eigenvalue weighted by Gasteiger charge is 2.25. The average Bonchev–Trinajstić information content (AvgIpc) is 3.10. The average molecular weight is 393 g/mol. The van der Waals surface area contributed by atoms with Crippen LogP contribution in [0.2, 0.25) is 0 Å². The van der Waals surface area contributed by atoms with E-state index in [1.807, 2.05) is 6.07 Å². The largest absolute Gasteiger partial charge is 0.478 e. The van der Waals surface area contributed by atoms with Crippen molar-refractivity contribution in [2.24, 2.45) is 0 Å². The highest BCUT2D eigenvalue weighted by Crippen LogP contribution is 2.24. The van der Waals surface area contributed by atoms with Crippen molar-refractivity contribution in [3.63, 3.8) is 0 Å². The monoisotopic (exact) mass is 392 g/mol. The molecule has 6 nitrogen and oxygen atoms in total. The van der Waals surface area contributed by atoms with E-state index in [1.165, 1.54) is 18.5 Å². The maximum Gasteiger partial charge on any atom is 0.335 e. The van der Waals surface area contributed by atoms with E-state index in [-0.39, 0.29) is 5.56 Å². The number of hydrogen-bond acceptors (Lipinski definition) is 4. The third-order valence-corrected chi connectivity index (χ3v) is 5.92. The zero-order valence-electron chi connectivity index (χ0n) is 17.1. The van der Waals surface area contributed by atoms with Gasteiger partial charge in [0.1, 0.15) is 5.82 Å². The van der Waals surface area contributed by atoms with Crippen molar-refractivity contribution in [2.45, 2.75) is 38.9 Å². The van der Waals surface area contributed by atoms with Gasteiger partial charge in [-0.1, -0.05) is 18.2 Å². The van der Waals surface area contributed by atoms with Gasteiger partial charge in [0.15, 0.2) is 0 Å². The van der Waals surface area contributed by atoms with Crippen molar-refractivity contribution in [1.82, 2.24) is 14.5 Å². The van der Waals surface area contributed by atoms with Crippen molar-refractivity contribution in [1.29, 1.82) is 0 Å². The van der Waals surface area contributed by atoms with Crippen LogP contribution in [-0.2, 0) is 13.1 Å². The van der Waals surface area contributed by atoms with E-state index in [4.69, 9.17) is 4.98 Å². The van der Waals surface area contributed by atoms with Gasteiger partial charge in [-0.15, -0.1) is 0 Å². The van der Waals surface area contributed by atoms with Gasteiger partial charge < -0.3 is 14.6 Å². The molecule has 0 amide bonds. The minimum absolute atomic E-state index is 0.281. The van der Waals surface area contributed by atoms with Gasteiger partial charge in [0.25, 0.3) is 0 Å². The molecule has 1 saturated heterocycles. The van der Waals surface area contributed by atoms with E-state index in [9.17, 15) is 9.90 Å². The number of carboxylic acids is 1. The van der Waals surface area contributed by atoms with Gasteiger partial charge in [-0.2, -0.15) is 0 Å². The quantitative estimate of drug-likeness (QED) is 0.690. The van der Waals surface area contributed by atoms with E-state index in [0.29, 0.717) is 6.04 Å². The van der Waals surface area contributed by atoms with Crippen LogP contribution >= 0.6 is 0 Å². The number of para-hydroxylation sites is 1. The van der Waals surface area contributed by atoms with E-state index >= 15 is 0 Å². The summed E-state index contributed by atoms with van der Waals surface area (Å²) in [5.74, 6) is 0.0733. The number of carboxylic acid groups (broad SMARTS) is 1. The summed E-state index contributed by atoms with van der Waals surface area (Å²) in [6.07, 6.45) is 2.35. The molecule has 0 radical (unpaired) electrons. The van der Waals surface area contributed by atoms with Crippen LogP contribution in [0.15, 0.2) is 48.5 Å². The molecule has 6 heteroatoms. The molecule has 0 saturated carbocycles. The van der Waals surface area contributed by atoms with Gasteiger partial charge in [0, 0.05) is 31.4 Å². The molecular formula is C23H28N4O2. The Hall–Kier alpha value is -2.86. The normalized spacial score (nSPS) is 17.2. The molecule has 1 aromatic heterocycles. The van der Waals surface area contributed by atoms with Crippen molar-refractivity contribution >= 4 is 22.7 Å². The maximum absolute atomic E-state index is 11.3. The molecular weight excluding hydrogens is 364 g/mol. The van der Waals surface area contributed by atoms with Crippen LogP contribution in [0, 0.1) is 0 Å². The molecule has 1 aliphatic rings. The highest BCUT2D eigenvalue weighted by molar-refractivity contribution is 5.92. The summed E-state index contributed by atoms with van der Waals surface area (Å²) < 4.78 is 2.19. The lowest BCUT2D eigenvalue weighted by atomic mass is 10.0. The number of imidazole rings is 1. The van der Waals surface area contributed by atoms with Crippen LogP contribution in [-0.4, -0.2) is 51.7 Å². The third-order valence-electron chi connectivity index (χ3n) is 5.92. The summed E-state index contributed by atoms with van der Waals surface area (Å²) in [7, 11) is 2.17. The first kappa shape index (κ1) is 19.5. The summed E-state index contributed by atoms with van der Waals surface area (Å²) in [6, 6.07) is 16.3. The Morgan fingerprint density at radius 3 is 2.76 bits per heavy atom. The lowest BCUT2D eigenvalue weighted by Crippen LogP contribution is -2.46. The lowest BCUT2D eigenvalue weighted by Gasteiger charge is -2.38. The molecule has 3 aromatic rings. The molecule has 1 atom stereocenters. The van der Waals surface area contributed by atoms with Crippen molar-refractivity contribution < 1.29 is 9.90 Å². The second-order valence-corrected chi connectivity index (χ2v) is 7.77. The predicted molar refractivity (Wildman–Crippen MR) is 116 cm³/mol. The number of nitrogens with zero attached hydrogens (tertiary/aromatic N) is 4. The summed E-state index contributed by atoms with van der Waals surface area (Å²) in [5.41, 5.74) is 3.32. The molecule has 1 fully saturated rings. The van der Waals surface area contributed by atoms with Crippen LogP contribution in [0.25, 0.3) is 11.0 Å². The zero-order valence-corrected chi connectivity index (χ0v) is 17.1. The summed E-state index contributed by atoms with van der Waals surface area (Å²) in [5, 5.41) is 9.26. The number of rotatable bonds is 6. The van der Waals surface area contributed by atoms with Gasteiger partial charge in [-0.3, -0.25) is 4.90 Å². The fourth-order valence-corrected chi connectivity index (χ4v) is 4.33. The smallest absolute Gasteiger partial charge is 0.335 e. The Labute approximate surface area is 171 Å². The van der Waals surface area contributed by atoms with Crippen LogP contribution in [0.3, 0.4) is 0 Å². The molecule has 152 valence electrons. The lowest BCUT2D eigenvalue weighted by molar-refractivity contribution is 0.0697. The Morgan fingerprint density at radius 2 is 2.03 bits per heavy atom. The van der Waals surface area contributed by atoms with Crippen LogP contribution < -0.4 is 4.90 Å². The number of likely N-dealkylation sites (N-methyl/N-ethyl adjacent to an activating group) is 1. The molecule has 1 N–H and O–H groups in total. The number of benzene rings is 2. The number of fused-ring (bicyclic) bond motifs is 1. The Balaban J connectivity index is 1.53. The third kappa shape index (κ3) is 3.98. The molecule has 29 heavy (non-hydrogen) atoms. The van der Waals surface area contributed by atoms with E-state index < -0.39 is 5.97 Å². The number of piperidine rings is 1. The van der Waals surface area contributed by atoms with Gasteiger partial charge >= 0.3 is 5.97 Å². The topological polar surface area (TPSA) is 61.6 Å². The van der Waals surface area contributed by atoms with Gasteiger partial charge in [-0.25, -0.2) is 9.78 Å². The first-order valence-electron chi connectivity index (χ1n) is 10.3. The van der Waals surface area contributed by atoms with Crippen molar-refractivity contribution in [2.75, 3.05) is 25.0 Å². The SMILES string of the molecule is CCn1c(CN(C)C2CCCN(c3ccccc3)C2)nc2cc(C(=O)O)ccc21. The number of carbonyl (C=O) groups is 1. The van der Waals surface area contributed by atoms with Gasteiger partial charge in [0.05, 0.1) is 23.1 Å². The molecule has 0 aliphatic carbocycles. The Morgan fingerprint density at radius 1 is 1.24 bits per heavy atom. The molecule has 0 spiro atoms. The molecule has 2 aromatic carbocycles. The second kappa shape index (κ2) is 8.25. The summed E-state index contributed by atoms with van der Waals surface area (Å²) >= 11 is 0. The molecule has 4 rings (SSSR count). The summed E-state index contributed by atoms with van der Waals surface area (Å²) in [4.78, 5) is 20.9. The Bertz CT molecular complexity index is 999. The van der Waals surface area contributed by atoms with Crippen LogP contribution in [0.4, 0.5) is 5.69 Å². The number of anilines is 1. The van der Waals surface area contributed by atoms with Crippen LogP contribution in [0.1, 0.15) is 35.9 Å². The zero-order chi connectivity index (χ0) is 20.4. The predicted octanol–water partition coefficient (Wildman–Crippen LogP) is 3.86. The van der Waals surface area contributed by atoms with Crippen molar-refractivity contribution in [3.8, 4) is 0 Å². The highest BCUT2D eigenvalue weighted by atomic mass is 16.4. The van der Waals surface area contributed by atoms with E-state index in [1.54, 1.807) is 12.1 Å². The standard InChI is InChI=1S/C23H28N4O2/c1-3-27-21-12-11-17(23(28)29)14-20(21)24-22(27)16-25(2)19-10-7-13-26(15-19)18-8-5-4-6-9-18/h4-6,8-9,11-12,14,19H,3,7,10,13,15-16H2,1-2H3,(H,28,29). The fraction of sp³-hybridized carbons (Fsp3) is 0.391. The molecule has 1 aliphatic heterocycles. The number of aryl methyl sites for hydroxylation is 1. The van der Waals surface area contributed by atoms with Crippen LogP contribution in [0.5, 0.6) is 0 Å². The minimum atomic E-state index is -0.917. The number of hydrogen-bond donors (Lipinski definition) is 1. The number of aromatic nitrogens is 2. The Kier molecular flexibility index (Phi) is 5.53. The van der Waals surface area contributed by atoms with E-state index in [0.717, 1.165) is 43.0 Å². The number of aromatic carboxylic acids is 1. The van der Waals surface area contributed by atoms with E-state index in [2.05, 4.69) is 58.7 Å².